The molecule has 0 aliphatic heterocycles. The van der Waals surface area contributed by atoms with Crippen LogP contribution in [0.3, 0.4) is 0 Å². The summed E-state index contributed by atoms with van der Waals surface area (Å²) < 4.78 is 10.6. The molecule has 22 heavy (non-hydrogen) atoms. The van der Waals surface area contributed by atoms with Gasteiger partial charge in [-0.3, -0.25) is 4.79 Å². The van der Waals surface area contributed by atoms with Gasteiger partial charge in [0, 0.05) is 5.69 Å². The number of para-hydroxylation sites is 2. The lowest BCUT2D eigenvalue weighted by Gasteiger charge is -2.15. The first-order chi connectivity index (χ1) is 10.6. The molecule has 0 atom stereocenters. The number of rotatable bonds is 5. The van der Waals surface area contributed by atoms with Crippen molar-refractivity contribution in [3.63, 3.8) is 0 Å². The lowest BCUT2D eigenvalue weighted by molar-refractivity contribution is 0.102. The minimum absolute atomic E-state index is 0.219. The second-order valence-electron chi connectivity index (χ2n) is 5.24. The fraction of sp³-hybridized carbons (Fsp3) is 0.278. The molecule has 0 fully saturated rings. The minimum atomic E-state index is -0.219. The van der Waals surface area contributed by atoms with Gasteiger partial charge < -0.3 is 14.8 Å². The van der Waals surface area contributed by atoms with E-state index in [-0.39, 0.29) is 5.91 Å². The van der Waals surface area contributed by atoms with Crippen LogP contribution in [0.1, 0.15) is 35.7 Å². The van der Waals surface area contributed by atoms with Crippen LogP contribution < -0.4 is 14.8 Å². The minimum Gasteiger partial charge on any atom is -0.493 e. The zero-order valence-corrected chi connectivity index (χ0v) is 13.3. The maximum atomic E-state index is 12.6. The van der Waals surface area contributed by atoms with Crippen LogP contribution in [-0.4, -0.2) is 20.1 Å². The summed E-state index contributed by atoms with van der Waals surface area (Å²) in [6, 6.07) is 13.0. The number of anilines is 1. The van der Waals surface area contributed by atoms with Crippen LogP contribution in [0.2, 0.25) is 0 Å². The maximum Gasteiger partial charge on any atom is 0.259 e. The van der Waals surface area contributed by atoms with Crippen molar-refractivity contribution in [3.8, 4) is 11.5 Å². The molecule has 0 heterocycles. The monoisotopic (exact) mass is 299 g/mol. The maximum absolute atomic E-state index is 12.6. The first kappa shape index (κ1) is 15.9. The van der Waals surface area contributed by atoms with Gasteiger partial charge >= 0.3 is 0 Å². The molecule has 2 rings (SSSR count). The molecule has 0 bridgehead atoms. The summed E-state index contributed by atoms with van der Waals surface area (Å²) in [4.78, 5) is 12.6. The van der Waals surface area contributed by atoms with Gasteiger partial charge in [-0.2, -0.15) is 0 Å². The van der Waals surface area contributed by atoms with Crippen LogP contribution in [-0.2, 0) is 0 Å². The molecule has 0 saturated heterocycles. The van der Waals surface area contributed by atoms with Gasteiger partial charge in [0.2, 0.25) is 0 Å². The highest BCUT2D eigenvalue weighted by Crippen LogP contribution is 2.32. The van der Waals surface area contributed by atoms with Gasteiger partial charge in [-0.15, -0.1) is 0 Å². The van der Waals surface area contributed by atoms with E-state index >= 15 is 0 Å². The van der Waals surface area contributed by atoms with Crippen molar-refractivity contribution in [1.29, 1.82) is 0 Å². The van der Waals surface area contributed by atoms with E-state index in [0.717, 1.165) is 11.3 Å². The number of ether oxygens (including phenoxy) is 2. The molecule has 0 aromatic heterocycles. The van der Waals surface area contributed by atoms with Crippen LogP contribution in [0.5, 0.6) is 11.5 Å². The lowest BCUT2D eigenvalue weighted by atomic mass is 10.0. The van der Waals surface area contributed by atoms with Gasteiger partial charge in [-0.1, -0.05) is 38.1 Å². The zero-order chi connectivity index (χ0) is 16.1. The topological polar surface area (TPSA) is 47.6 Å². The molecule has 0 radical (unpaired) electrons. The molecule has 0 unspecified atom stereocenters. The normalized spacial score (nSPS) is 10.4. The second-order valence-corrected chi connectivity index (χ2v) is 5.24. The van der Waals surface area contributed by atoms with Gasteiger partial charge in [0.15, 0.2) is 11.5 Å². The predicted octanol–water partition coefficient (Wildman–Crippen LogP) is 4.08. The Morgan fingerprint density at radius 3 is 2.36 bits per heavy atom. The summed E-state index contributed by atoms with van der Waals surface area (Å²) in [5, 5.41) is 2.96. The van der Waals surface area contributed by atoms with Crippen molar-refractivity contribution in [2.45, 2.75) is 19.8 Å². The smallest absolute Gasteiger partial charge is 0.259 e. The van der Waals surface area contributed by atoms with Crippen LogP contribution in [0.15, 0.2) is 42.5 Å². The van der Waals surface area contributed by atoms with Crippen LogP contribution >= 0.6 is 0 Å². The van der Waals surface area contributed by atoms with Crippen LogP contribution in [0.25, 0.3) is 0 Å². The van der Waals surface area contributed by atoms with Gasteiger partial charge in [-0.25, -0.2) is 0 Å². The summed E-state index contributed by atoms with van der Waals surface area (Å²) in [6.45, 7) is 4.19. The standard InChI is InChI=1S/C18H21NO3/c1-12(2)13-8-5-6-10-15(13)19-18(20)14-9-7-11-16(21-3)17(14)22-4/h5-12H,1-4H3,(H,19,20). The van der Waals surface area contributed by atoms with E-state index in [2.05, 4.69) is 19.2 Å². The van der Waals surface area contributed by atoms with E-state index in [1.807, 2.05) is 24.3 Å². The number of amides is 1. The number of methoxy groups -OCH3 is 2. The molecule has 0 aliphatic rings. The van der Waals surface area contributed by atoms with Gasteiger partial charge in [0.25, 0.3) is 5.91 Å². The third-order valence-corrected chi connectivity index (χ3v) is 3.48. The van der Waals surface area contributed by atoms with Gasteiger partial charge in [0.1, 0.15) is 0 Å². The fourth-order valence-corrected chi connectivity index (χ4v) is 2.37. The van der Waals surface area contributed by atoms with Gasteiger partial charge in [0.05, 0.1) is 19.8 Å². The zero-order valence-electron chi connectivity index (χ0n) is 13.3. The highest BCUT2D eigenvalue weighted by molar-refractivity contribution is 6.07. The van der Waals surface area contributed by atoms with Crippen molar-refractivity contribution < 1.29 is 14.3 Å². The molecular weight excluding hydrogens is 278 g/mol. The lowest BCUT2D eigenvalue weighted by Crippen LogP contribution is -2.15. The molecule has 1 amide bonds. The fourth-order valence-electron chi connectivity index (χ4n) is 2.37. The summed E-state index contributed by atoms with van der Waals surface area (Å²) in [6.07, 6.45) is 0. The Morgan fingerprint density at radius 2 is 1.73 bits per heavy atom. The van der Waals surface area contributed by atoms with Crippen LogP contribution in [0, 0.1) is 0 Å². The van der Waals surface area contributed by atoms with E-state index < -0.39 is 0 Å². The second kappa shape index (κ2) is 6.98. The van der Waals surface area contributed by atoms with Crippen molar-refractivity contribution in [3.05, 3.63) is 53.6 Å². The molecule has 2 aromatic rings. The number of carbonyl (C=O) groups excluding carboxylic acids is 1. The quantitative estimate of drug-likeness (QED) is 0.905. The molecule has 4 nitrogen and oxygen atoms in total. The number of carbonyl (C=O) groups is 1. The van der Waals surface area contributed by atoms with Crippen molar-refractivity contribution >= 4 is 11.6 Å². The highest BCUT2D eigenvalue weighted by Gasteiger charge is 2.17. The predicted molar refractivity (Wildman–Crippen MR) is 88.0 cm³/mol. The molecule has 0 aliphatic carbocycles. The molecule has 0 saturated carbocycles. The highest BCUT2D eigenvalue weighted by atomic mass is 16.5. The third-order valence-electron chi connectivity index (χ3n) is 3.48. The van der Waals surface area contributed by atoms with E-state index in [4.69, 9.17) is 9.47 Å². The Kier molecular flexibility index (Phi) is 5.04. The molecule has 2 aromatic carbocycles. The van der Waals surface area contributed by atoms with E-state index in [9.17, 15) is 4.79 Å². The number of benzene rings is 2. The van der Waals surface area contributed by atoms with Gasteiger partial charge in [-0.05, 0) is 29.7 Å². The van der Waals surface area contributed by atoms with Crippen molar-refractivity contribution in [2.24, 2.45) is 0 Å². The van der Waals surface area contributed by atoms with Crippen LogP contribution in [0.4, 0.5) is 5.69 Å². The summed E-state index contributed by atoms with van der Waals surface area (Å²) in [7, 11) is 3.07. The molecular formula is C18H21NO3. The SMILES string of the molecule is COc1cccc(C(=O)Nc2ccccc2C(C)C)c1OC. The number of hydrogen-bond donors (Lipinski definition) is 1. The average Bonchev–Trinajstić information content (AvgIpc) is 2.54. The van der Waals surface area contributed by atoms with Crippen molar-refractivity contribution in [2.75, 3.05) is 19.5 Å². The summed E-state index contributed by atoms with van der Waals surface area (Å²) in [5.41, 5.74) is 2.35. The number of nitrogens with one attached hydrogen (secondary N) is 1. The Bertz CT molecular complexity index is 665. The Balaban J connectivity index is 2.35. The van der Waals surface area contributed by atoms with E-state index in [0.29, 0.717) is 23.0 Å². The average molecular weight is 299 g/mol. The number of hydrogen-bond acceptors (Lipinski definition) is 3. The molecule has 4 heteroatoms. The Morgan fingerprint density at radius 1 is 1.00 bits per heavy atom. The largest absolute Gasteiger partial charge is 0.493 e. The van der Waals surface area contributed by atoms with E-state index in [1.54, 1.807) is 25.3 Å². The Labute approximate surface area is 131 Å². The first-order valence-electron chi connectivity index (χ1n) is 7.19. The molecule has 1 N–H and O–H groups in total. The summed E-state index contributed by atoms with van der Waals surface area (Å²) in [5.74, 6) is 1.07. The van der Waals surface area contributed by atoms with Crippen molar-refractivity contribution in [1.82, 2.24) is 0 Å². The Hall–Kier alpha value is -2.49. The third kappa shape index (κ3) is 3.22. The molecule has 0 spiro atoms. The van der Waals surface area contributed by atoms with E-state index in [1.165, 1.54) is 7.11 Å². The summed E-state index contributed by atoms with van der Waals surface area (Å²) >= 11 is 0. The molecule has 116 valence electrons. The first-order valence-corrected chi connectivity index (χ1v) is 7.19.